The third-order valence-electron chi connectivity index (χ3n) is 9.22. The van der Waals surface area contributed by atoms with Crippen LogP contribution in [-0.2, 0) is 44.6 Å². The molecule has 5 aliphatic carbocycles. The number of allylic oxidation sites excluding steroid dienone is 2. The predicted molar refractivity (Wildman–Crippen MR) is 236 cm³/mol. The van der Waals surface area contributed by atoms with Crippen molar-refractivity contribution in [3.63, 3.8) is 0 Å². The highest BCUT2D eigenvalue weighted by Crippen LogP contribution is 2.35. The van der Waals surface area contributed by atoms with Gasteiger partial charge < -0.3 is 29.6 Å². The van der Waals surface area contributed by atoms with Crippen molar-refractivity contribution >= 4 is 41.3 Å². The van der Waals surface area contributed by atoms with Crippen molar-refractivity contribution in [1.29, 1.82) is 0 Å². The zero-order valence-electron chi connectivity index (χ0n) is 37.2. The molecule has 5 aliphatic rings. The average Bonchev–Trinajstić information content (AvgIpc) is 3.07. The average molecular weight is 823 g/mol. The molecule has 4 amide bonds. The van der Waals surface area contributed by atoms with Gasteiger partial charge in [0, 0.05) is 0 Å². The Labute approximate surface area is 354 Å². The molecule has 4 N–H and O–H groups in total. The lowest BCUT2D eigenvalue weighted by Crippen LogP contribution is -2.52. The summed E-state index contributed by atoms with van der Waals surface area (Å²) in [6.45, 7) is 21.5. The summed E-state index contributed by atoms with van der Waals surface area (Å²) in [4.78, 5) is 51.7. The maximum Gasteiger partial charge on any atom is 0.412 e. The molecule has 0 aromatic heterocycles. The molecule has 0 saturated heterocycles. The summed E-state index contributed by atoms with van der Waals surface area (Å²) < 4.78 is 22.2. The van der Waals surface area contributed by atoms with E-state index >= 15 is 0 Å². The van der Waals surface area contributed by atoms with E-state index in [4.69, 9.17) is 18.9 Å². The molecular weight excluding hydrogens is 761 g/mol. The van der Waals surface area contributed by atoms with E-state index in [1.165, 1.54) is 0 Å². The lowest BCUT2D eigenvalue weighted by molar-refractivity contribution is 0.0457. The van der Waals surface area contributed by atoms with Crippen molar-refractivity contribution < 1.29 is 38.1 Å². The minimum Gasteiger partial charge on any atom is -0.444 e. The Morgan fingerprint density at radius 2 is 0.950 bits per heavy atom. The number of nitrogens with one attached hydrogen (secondary N) is 4. The molecule has 3 aromatic rings. The van der Waals surface area contributed by atoms with E-state index in [9.17, 15) is 19.2 Å². The number of ether oxygens (including phenoxy) is 4. The number of hydrogen-bond donors (Lipinski definition) is 4. The van der Waals surface area contributed by atoms with Gasteiger partial charge in [-0.05, 0) is 165 Å². The van der Waals surface area contributed by atoms with Gasteiger partial charge >= 0.3 is 24.4 Å². The van der Waals surface area contributed by atoms with Gasteiger partial charge in [-0.1, -0.05) is 60.7 Å². The van der Waals surface area contributed by atoms with Crippen LogP contribution in [0.1, 0.15) is 111 Å². The number of anilines is 2. The second kappa shape index (κ2) is 17.8. The Morgan fingerprint density at radius 3 is 1.47 bits per heavy atom. The molecule has 0 aliphatic heterocycles. The molecule has 0 spiro atoms. The number of benzene rings is 3. The normalized spacial score (nSPS) is 16.7. The Kier molecular flexibility index (Phi) is 13.5. The highest BCUT2D eigenvalue weighted by atomic mass is 16.6. The number of amides is 4. The minimum absolute atomic E-state index is 0.375. The van der Waals surface area contributed by atoms with Crippen molar-refractivity contribution in [3.8, 4) is 11.1 Å². The van der Waals surface area contributed by atoms with Crippen LogP contribution in [0.15, 0.2) is 72.8 Å². The second-order valence-corrected chi connectivity index (χ2v) is 19.3. The van der Waals surface area contributed by atoms with Gasteiger partial charge in [0.25, 0.3) is 0 Å². The zero-order valence-corrected chi connectivity index (χ0v) is 37.2. The largest absolute Gasteiger partial charge is 0.444 e. The van der Waals surface area contributed by atoms with Crippen LogP contribution in [0.25, 0.3) is 16.7 Å². The van der Waals surface area contributed by atoms with E-state index in [0.29, 0.717) is 11.4 Å². The number of rotatable bonds is 6. The molecule has 0 radical (unpaired) electrons. The van der Waals surface area contributed by atoms with E-state index in [2.05, 4.69) is 57.7 Å². The van der Waals surface area contributed by atoms with Gasteiger partial charge in [0.15, 0.2) is 0 Å². The first-order chi connectivity index (χ1) is 27.8. The minimum atomic E-state index is -0.728. The fourth-order valence-electron chi connectivity index (χ4n) is 6.86. The molecule has 0 heterocycles. The molecule has 0 fully saturated rings. The third-order valence-corrected chi connectivity index (χ3v) is 9.22. The van der Waals surface area contributed by atoms with Crippen LogP contribution < -0.4 is 21.3 Å². The summed E-state index contributed by atoms with van der Waals surface area (Å²) in [7, 11) is 0. The third kappa shape index (κ3) is 13.6. The summed E-state index contributed by atoms with van der Waals surface area (Å²) in [6, 6.07) is 17.5. The molecule has 0 saturated carbocycles. The molecule has 322 valence electrons. The van der Waals surface area contributed by atoms with Gasteiger partial charge in [-0.3, -0.25) is 10.6 Å². The summed E-state index contributed by atoms with van der Waals surface area (Å²) in [5.41, 5.74) is 6.30. The van der Waals surface area contributed by atoms with Crippen LogP contribution in [0.5, 0.6) is 0 Å². The van der Waals surface area contributed by atoms with Gasteiger partial charge in [0.2, 0.25) is 0 Å². The lowest BCUT2D eigenvalue weighted by atomic mass is 9.85. The number of carbonyl (C=O) groups is 4. The second-order valence-electron chi connectivity index (χ2n) is 19.3. The van der Waals surface area contributed by atoms with Gasteiger partial charge in [-0.15, -0.1) is 0 Å². The molecule has 4 bridgehead atoms. The highest BCUT2D eigenvalue weighted by molar-refractivity contribution is 5.97. The van der Waals surface area contributed by atoms with E-state index in [1.807, 2.05) is 30.4 Å². The van der Waals surface area contributed by atoms with E-state index in [1.54, 1.807) is 89.2 Å². The van der Waals surface area contributed by atoms with Crippen molar-refractivity contribution in [2.75, 3.05) is 10.6 Å². The lowest BCUT2D eigenvalue weighted by Gasteiger charge is -2.30. The standard InChI is InChI=1S/C48H62N4O8/c1-45(2,3)57-41(53)49-37-23-21-33(27-39(37)51-43(55)59-47(7,8)9)35-25-29-13-17-31(35)19-15-30-14-18-32(20-16-29)36(26-30)34-22-24-38(50-42(54)58-46(4,5)6)40(28-34)52-44(56)60-48(10,11)12/h13-14,17-18,21-28,37,39H,15-16,19-20H2,1-12H3,(H,49,53)(H,50,54)(H,51,55)(H,52,56). The summed E-state index contributed by atoms with van der Waals surface area (Å²) in [5.74, 6) is 0. The van der Waals surface area contributed by atoms with Gasteiger partial charge in [-0.2, -0.15) is 0 Å². The maximum absolute atomic E-state index is 13.0. The number of carbonyl (C=O) groups excluding carboxylic acids is 4. The van der Waals surface area contributed by atoms with Crippen LogP contribution in [-0.4, -0.2) is 58.9 Å². The van der Waals surface area contributed by atoms with Gasteiger partial charge in [0.1, 0.15) is 22.4 Å². The Bertz CT molecular complexity index is 2160. The molecule has 60 heavy (non-hydrogen) atoms. The molecule has 12 nitrogen and oxygen atoms in total. The Hall–Kier alpha value is -5.78. The van der Waals surface area contributed by atoms with E-state index in [0.717, 1.165) is 70.2 Å². The monoisotopic (exact) mass is 822 g/mol. The topological polar surface area (TPSA) is 153 Å². The van der Waals surface area contributed by atoms with Crippen LogP contribution >= 0.6 is 0 Å². The number of alkyl carbamates (subject to hydrolysis) is 2. The zero-order chi connectivity index (χ0) is 44.2. The summed E-state index contributed by atoms with van der Waals surface area (Å²) in [5, 5.41) is 11.5. The van der Waals surface area contributed by atoms with Crippen LogP contribution in [0.2, 0.25) is 0 Å². The maximum atomic E-state index is 13.0. The van der Waals surface area contributed by atoms with Crippen LogP contribution in [0.4, 0.5) is 30.6 Å². The van der Waals surface area contributed by atoms with E-state index in [-0.39, 0.29) is 0 Å². The summed E-state index contributed by atoms with van der Waals surface area (Å²) >= 11 is 0. The number of aryl methyl sites for hydroxylation is 4. The van der Waals surface area contributed by atoms with Crippen molar-refractivity contribution in [3.05, 3.63) is 101 Å². The first kappa shape index (κ1) is 45.3. The van der Waals surface area contributed by atoms with Crippen molar-refractivity contribution in [2.45, 2.75) is 143 Å². The smallest absolute Gasteiger partial charge is 0.412 e. The number of hydrogen-bond acceptors (Lipinski definition) is 8. The molecule has 12 heteroatoms. The first-order valence-corrected chi connectivity index (χ1v) is 20.6. The Balaban J connectivity index is 1.45. The fourth-order valence-corrected chi connectivity index (χ4v) is 6.86. The van der Waals surface area contributed by atoms with Crippen molar-refractivity contribution in [1.82, 2.24) is 10.6 Å². The quantitative estimate of drug-likeness (QED) is 0.179. The van der Waals surface area contributed by atoms with Crippen LogP contribution in [0.3, 0.4) is 0 Å². The van der Waals surface area contributed by atoms with Gasteiger partial charge in [0.05, 0.1) is 23.5 Å². The summed E-state index contributed by atoms with van der Waals surface area (Å²) in [6.07, 6.45) is 6.29. The molecule has 8 rings (SSSR count). The Morgan fingerprint density at radius 1 is 0.500 bits per heavy atom. The molecule has 2 unspecified atom stereocenters. The molecule has 2 atom stereocenters. The van der Waals surface area contributed by atoms with Crippen LogP contribution in [0, 0.1) is 0 Å². The van der Waals surface area contributed by atoms with Crippen molar-refractivity contribution in [2.24, 2.45) is 0 Å². The first-order valence-electron chi connectivity index (χ1n) is 20.6. The van der Waals surface area contributed by atoms with Gasteiger partial charge in [-0.25, -0.2) is 19.2 Å². The highest BCUT2D eigenvalue weighted by Gasteiger charge is 2.30. The molecular formula is C48H62N4O8. The SMILES string of the molecule is CC(C)(C)OC(=O)Nc1ccc(-c2cc3ccc2CCc2ccc(c(C4=CC(NC(=O)OC(C)(C)C)C(NC(=O)OC(C)(C)C)C=C4)c2)CC3)cc1NC(=O)OC(C)(C)C. The van der Waals surface area contributed by atoms with E-state index < -0.39 is 58.9 Å². The fraction of sp³-hybridized carbons (Fsp3) is 0.458. The predicted octanol–water partition coefficient (Wildman–Crippen LogP) is 10.7. The molecule has 3 aromatic carbocycles.